The standard InChI is InChI=1S/C25H36FN5O3S.C24H32FN5O3S.CH3.BrH.Mg.2H2S/c1-23(2,3)34-22(32)31-14-12-30(13-15-31)21-27-16-19(17-28-21)25(7,29-35(33)24(4,5)6)18-8-10-20(26)11-9-18;1-23(2,3)33-22(31)30-13-11-29(12-14-30)21-26-15-18(16-27-21)20(28-34(32)24(4,5)6)17-7-9-19(25)10-8-17;;;;;/h8-11,16-17,29H,12-15H2,1-7H3;7-10,15-16H,11-14H2,1-6H3;1H3;1H;;2*1H2/q;;-1;;+2;;/p-1/t25?,35-;34-;;;;;/m00...../s1. The van der Waals surface area contributed by atoms with Crippen LogP contribution in [0, 0.1) is 19.1 Å². The maximum Gasteiger partial charge on any atom is 2.00 e. The molecule has 1 N–H and O–H groups in total. The van der Waals surface area contributed by atoms with Gasteiger partial charge in [0.15, 0.2) is 0 Å². The van der Waals surface area contributed by atoms with Gasteiger partial charge in [0.2, 0.25) is 11.9 Å². The molecule has 2 aliphatic heterocycles. The van der Waals surface area contributed by atoms with Crippen molar-refractivity contribution >= 4 is 102 Å². The number of anilines is 2. The quantitative estimate of drug-likeness (QED) is 0.131. The Bertz CT molecular complexity index is 2460. The molecule has 2 fully saturated rings. The summed E-state index contributed by atoms with van der Waals surface area (Å²) in [7, 11) is -2.92. The van der Waals surface area contributed by atoms with Crippen molar-refractivity contribution in [2.45, 2.75) is 116 Å². The minimum Gasteiger partial charge on any atom is -1.00 e. The average Bonchev–Trinajstić information content (AvgIpc) is 3.27. The third-order valence-electron chi connectivity index (χ3n) is 10.6. The molecular weight excluding hydrogens is 1110 g/mol. The van der Waals surface area contributed by atoms with E-state index in [0.29, 0.717) is 86.7 Å². The van der Waals surface area contributed by atoms with Gasteiger partial charge in [0.25, 0.3) is 0 Å². The van der Waals surface area contributed by atoms with Gasteiger partial charge in [-0.15, -0.1) is 0 Å². The van der Waals surface area contributed by atoms with Gasteiger partial charge >= 0.3 is 35.2 Å². The first kappa shape index (κ1) is 70.5. The molecule has 408 valence electrons. The van der Waals surface area contributed by atoms with Crippen molar-refractivity contribution in [2.24, 2.45) is 4.40 Å². The van der Waals surface area contributed by atoms with E-state index in [9.17, 15) is 26.8 Å². The molecule has 3 atom stereocenters. The Morgan fingerprint density at radius 2 is 0.932 bits per heavy atom. The number of rotatable bonds is 9. The van der Waals surface area contributed by atoms with E-state index in [1.54, 1.807) is 58.9 Å². The summed E-state index contributed by atoms with van der Waals surface area (Å²) in [5.41, 5.74) is 1.13. The number of benzene rings is 2. The van der Waals surface area contributed by atoms with Crippen LogP contribution in [0.15, 0.2) is 77.7 Å². The molecule has 2 aliphatic rings. The number of piperazine rings is 2. The van der Waals surface area contributed by atoms with Crippen molar-refractivity contribution in [3.8, 4) is 0 Å². The summed E-state index contributed by atoms with van der Waals surface area (Å²) in [4.78, 5) is 50.1. The first-order valence-electron chi connectivity index (χ1n) is 22.9. The van der Waals surface area contributed by atoms with Gasteiger partial charge in [-0.05, 0) is 132 Å². The molecular formula is C50H75BrF2MgN10O6S4. The number of ether oxygens (including phenoxy) is 2. The van der Waals surface area contributed by atoms with Crippen LogP contribution >= 0.6 is 27.0 Å². The van der Waals surface area contributed by atoms with Gasteiger partial charge in [0.05, 0.1) is 31.7 Å². The van der Waals surface area contributed by atoms with Crippen molar-refractivity contribution in [3.63, 3.8) is 0 Å². The van der Waals surface area contributed by atoms with E-state index in [1.165, 1.54) is 24.3 Å². The number of halogens is 3. The van der Waals surface area contributed by atoms with Crippen LogP contribution in [-0.2, 0) is 37.0 Å². The van der Waals surface area contributed by atoms with Crippen molar-refractivity contribution < 1.29 is 53.2 Å². The summed E-state index contributed by atoms with van der Waals surface area (Å²) < 4.78 is 70.3. The molecule has 4 aromatic rings. The number of carbonyl (C=O) groups excluding carboxylic acids is 2. The van der Waals surface area contributed by atoms with Gasteiger partial charge in [-0.3, -0.25) is 0 Å². The average molecular weight is 1180 g/mol. The number of aromatic nitrogens is 4. The number of hydrogen-bond donors (Lipinski definition) is 1. The van der Waals surface area contributed by atoms with Crippen molar-refractivity contribution in [1.29, 1.82) is 0 Å². The number of amides is 2. The zero-order valence-corrected chi connectivity index (χ0v) is 51.9. The van der Waals surface area contributed by atoms with Crippen LogP contribution in [0.25, 0.3) is 0 Å². The normalized spacial score (nSPS) is 15.9. The zero-order valence-electron chi connectivity index (χ0n) is 45.2. The molecule has 1 unspecified atom stereocenters. The van der Waals surface area contributed by atoms with E-state index in [1.807, 2.05) is 99.8 Å². The monoisotopic (exact) mass is 1180 g/mol. The van der Waals surface area contributed by atoms with E-state index in [0.717, 1.165) is 5.56 Å². The molecule has 2 amide bonds. The van der Waals surface area contributed by atoms with Crippen molar-refractivity contribution in [3.05, 3.63) is 115 Å². The molecule has 2 aromatic carbocycles. The SMILES string of the molecule is CC(C)(C)OC(=O)N1CCN(c2ncc(C(=N[S@@](=O)C(C)(C)C)c3ccc(F)cc3)cn2)CC1.CC(C)(C)OC(=O)N1CCN(c2ncc(C(C)(N[S@@](=O)C(C)(C)C)c3ccc(F)cc3)cn2)CC1.S.S.[Br-].[CH3-].[Mg+2]. The second-order valence-electron chi connectivity index (χ2n) is 20.9. The Kier molecular flexibility index (Phi) is 27.9. The molecule has 74 heavy (non-hydrogen) atoms. The fourth-order valence-electron chi connectivity index (χ4n) is 6.69. The van der Waals surface area contributed by atoms with Crippen LogP contribution in [0.1, 0.15) is 112 Å². The molecule has 16 nitrogen and oxygen atoms in total. The summed E-state index contributed by atoms with van der Waals surface area (Å²) in [6.07, 6.45) is 6.03. The summed E-state index contributed by atoms with van der Waals surface area (Å²) in [6, 6.07) is 12.0. The van der Waals surface area contributed by atoms with E-state index in [2.05, 4.69) is 29.1 Å². The molecule has 0 saturated carbocycles. The first-order valence-corrected chi connectivity index (χ1v) is 25.1. The largest absolute Gasteiger partial charge is 2.00 e. The maximum absolute atomic E-state index is 13.6. The minimum atomic E-state index is -1.52. The Hall–Kier alpha value is -3.52. The molecule has 0 aliphatic carbocycles. The Morgan fingerprint density at radius 1 is 0.568 bits per heavy atom. The van der Waals surface area contributed by atoms with E-state index >= 15 is 0 Å². The van der Waals surface area contributed by atoms with E-state index < -0.39 is 48.2 Å². The summed E-state index contributed by atoms with van der Waals surface area (Å²) in [6.45, 7) is 28.5. The van der Waals surface area contributed by atoms with Gasteiger partial charge in [0.1, 0.15) is 33.8 Å². The molecule has 24 heteroatoms. The molecule has 0 spiro atoms. The molecule has 0 radical (unpaired) electrons. The van der Waals surface area contributed by atoms with Gasteiger partial charge in [-0.25, -0.2) is 51.4 Å². The van der Waals surface area contributed by atoms with Crippen LogP contribution in [-0.4, -0.2) is 152 Å². The van der Waals surface area contributed by atoms with Crippen LogP contribution in [0.5, 0.6) is 0 Å². The molecule has 4 heterocycles. The third-order valence-corrected chi connectivity index (χ3v) is 13.7. The van der Waals surface area contributed by atoms with Gasteiger partial charge in [0, 0.05) is 93.8 Å². The fraction of sp³-hybridized carbons (Fsp3) is 0.520. The van der Waals surface area contributed by atoms with Gasteiger partial charge in [-0.2, -0.15) is 31.4 Å². The van der Waals surface area contributed by atoms with E-state index in [4.69, 9.17) is 9.47 Å². The Labute approximate surface area is 483 Å². The number of hydrogen-bond acceptors (Lipinski definition) is 12. The maximum atomic E-state index is 13.6. The van der Waals surface area contributed by atoms with Crippen LogP contribution in [0.3, 0.4) is 0 Å². The second kappa shape index (κ2) is 29.3. The summed E-state index contributed by atoms with van der Waals surface area (Å²) >= 11 is 0. The van der Waals surface area contributed by atoms with Crippen LogP contribution < -0.4 is 31.5 Å². The first-order chi connectivity index (χ1) is 32.0. The predicted molar refractivity (Wildman–Crippen MR) is 301 cm³/mol. The summed E-state index contributed by atoms with van der Waals surface area (Å²) in [5.74, 6) is 0.376. The molecule has 6 rings (SSSR count). The zero-order chi connectivity index (χ0) is 51.1. The Morgan fingerprint density at radius 3 is 1.28 bits per heavy atom. The van der Waals surface area contributed by atoms with Crippen LogP contribution in [0.4, 0.5) is 30.3 Å². The molecule has 2 aromatic heterocycles. The van der Waals surface area contributed by atoms with Gasteiger partial charge in [-0.1, -0.05) is 12.1 Å². The molecule has 0 bridgehead atoms. The predicted octanol–water partition coefficient (Wildman–Crippen LogP) is 5.26. The minimum absolute atomic E-state index is 0. The smallest absolute Gasteiger partial charge is 1.00 e. The number of nitrogens with zero attached hydrogens (tertiary/aromatic N) is 9. The third kappa shape index (κ3) is 20.4. The number of nitrogens with one attached hydrogen (secondary N) is 1. The van der Waals surface area contributed by atoms with Crippen molar-refractivity contribution in [1.82, 2.24) is 34.5 Å². The number of carbonyl (C=O) groups is 2. The fourth-order valence-corrected chi connectivity index (χ4v) is 8.25. The topological polar surface area (TPSA) is 176 Å². The second-order valence-corrected chi connectivity index (χ2v) is 24.7. The summed E-state index contributed by atoms with van der Waals surface area (Å²) in [5, 5.41) is 0. The molecule has 2 saturated heterocycles. The van der Waals surface area contributed by atoms with Crippen molar-refractivity contribution in [2.75, 3.05) is 62.2 Å². The Balaban J connectivity index is 0.00000135. The van der Waals surface area contributed by atoms with Crippen LogP contribution in [0.2, 0.25) is 0 Å². The van der Waals surface area contributed by atoms with E-state index in [-0.39, 0.29) is 98.3 Å². The van der Waals surface area contributed by atoms with Gasteiger partial charge < -0.3 is 53.5 Å².